The van der Waals surface area contributed by atoms with Gasteiger partial charge >= 0.3 is 5.97 Å². The second kappa shape index (κ2) is 8.11. The second-order valence-corrected chi connectivity index (χ2v) is 5.99. The molecule has 0 bridgehead atoms. The van der Waals surface area contributed by atoms with Gasteiger partial charge in [-0.25, -0.2) is 4.79 Å². The summed E-state index contributed by atoms with van der Waals surface area (Å²) in [5.41, 5.74) is 2.89. The third-order valence-corrected chi connectivity index (χ3v) is 3.95. The highest BCUT2D eigenvalue weighted by Crippen LogP contribution is 2.17. The first-order chi connectivity index (χ1) is 10.6. The number of esters is 1. The molecule has 1 N–H and O–H groups in total. The van der Waals surface area contributed by atoms with Crippen LogP contribution in [0.2, 0.25) is 0 Å². The first-order valence-corrected chi connectivity index (χ1v) is 8.14. The largest absolute Gasteiger partial charge is 0.462 e. The Morgan fingerprint density at radius 2 is 1.95 bits per heavy atom. The van der Waals surface area contributed by atoms with Crippen LogP contribution in [0.1, 0.15) is 41.4 Å². The maximum atomic E-state index is 11.7. The van der Waals surface area contributed by atoms with E-state index in [2.05, 4.69) is 40.3 Å². The van der Waals surface area contributed by atoms with Crippen molar-refractivity contribution in [2.24, 2.45) is 0 Å². The van der Waals surface area contributed by atoms with Crippen molar-refractivity contribution in [3.63, 3.8) is 0 Å². The van der Waals surface area contributed by atoms with E-state index in [9.17, 15) is 4.79 Å². The van der Waals surface area contributed by atoms with E-state index < -0.39 is 0 Å². The van der Waals surface area contributed by atoms with E-state index in [0.717, 1.165) is 10.0 Å². The predicted octanol–water partition coefficient (Wildman–Crippen LogP) is 4.48. The summed E-state index contributed by atoms with van der Waals surface area (Å²) in [4.78, 5) is 11.7. The lowest BCUT2D eigenvalue weighted by Crippen LogP contribution is -2.18. The Bertz CT molecular complexity index is 625. The molecule has 0 aliphatic carbocycles. The molecule has 3 nitrogen and oxygen atoms in total. The van der Waals surface area contributed by atoms with Crippen LogP contribution in [0.4, 0.5) is 0 Å². The van der Waals surface area contributed by atoms with Crippen molar-refractivity contribution in [2.75, 3.05) is 6.61 Å². The monoisotopic (exact) mass is 361 g/mol. The van der Waals surface area contributed by atoms with E-state index in [1.807, 2.05) is 37.3 Å². The average molecular weight is 362 g/mol. The van der Waals surface area contributed by atoms with Crippen LogP contribution >= 0.6 is 15.9 Å². The molecule has 0 heterocycles. The first-order valence-electron chi connectivity index (χ1n) is 7.35. The van der Waals surface area contributed by atoms with E-state index in [0.29, 0.717) is 18.7 Å². The topological polar surface area (TPSA) is 38.3 Å². The highest BCUT2D eigenvalue weighted by atomic mass is 79.9. The van der Waals surface area contributed by atoms with Crippen molar-refractivity contribution >= 4 is 21.9 Å². The SMILES string of the molecule is CCOC(=O)c1cccc(CNC(C)c2ccc(Br)cc2)c1. The molecule has 2 rings (SSSR count). The Hall–Kier alpha value is -1.65. The third kappa shape index (κ3) is 4.68. The van der Waals surface area contributed by atoms with Gasteiger partial charge in [0.25, 0.3) is 0 Å². The lowest BCUT2D eigenvalue weighted by atomic mass is 10.1. The van der Waals surface area contributed by atoms with Crippen LogP contribution < -0.4 is 5.32 Å². The summed E-state index contributed by atoms with van der Waals surface area (Å²) in [6.45, 7) is 5.02. The lowest BCUT2D eigenvalue weighted by Gasteiger charge is -2.15. The van der Waals surface area contributed by atoms with Gasteiger partial charge in [0.05, 0.1) is 12.2 Å². The summed E-state index contributed by atoms with van der Waals surface area (Å²) in [7, 11) is 0. The Kier molecular flexibility index (Phi) is 6.16. The molecule has 0 aliphatic rings. The van der Waals surface area contributed by atoms with Crippen molar-refractivity contribution in [3.05, 3.63) is 69.7 Å². The van der Waals surface area contributed by atoms with Gasteiger partial charge in [0.1, 0.15) is 0 Å². The molecule has 2 aromatic rings. The molecule has 0 aliphatic heterocycles. The van der Waals surface area contributed by atoms with Crippen molar-refractivity contribution in [3.8, 4) is 0 Å². The van der Waals surface area contributed by atoms with Gasteiger partial charge in [-0.3, -0.25) is 0 Å². The standard InChI is InChI=1S/C18H20BrNO2/c1-3-22-18(21)16-6-4-5-14(11-16)12-20-13(2)15-7-9-17(19)10-8-15/h4-11,13,20H,3,12H2,1-2H3. The van der Waals surface area contributed by atoms with Crippen molar-refractivity contribution < 1.29 is 9.53 Å². The predicted molar refractivity (Wildman–Crippen MR) is 91.8 cm³/mol. The molecule has 0 saturated carbocycles. The van der Waals surface area contributed by atoms with Gasteiger partial charge in [-0.2, -0.15) is 0 Å². The normalized spacial score (nSPS) is 12.0. The van der Waals surface area contributed by atoms with Crippen LogP contribution in [0.5, 0.6) is 0 Å². The van der Waals surface area contributed by atoms with Crippen molar-refractivity contribution in [2.45, 2.75) is 26.4 Å². The number of hydrogen-bond donors (Lipinski definition) is 1. The zero-order valence-corrected chi connectivity index (χ0v) is 14.4. The van der Waals surface area contributed by atoms with Gasteiger partial charge in [0.15, 0.2) is 0 Å². The molecule has 0 amide bonds. The molecule has 22 heavy (non-hydrogen) atoms. The van der Waals surface area contributed by atoms with Crippen LogP contribution in [-0.4, -0.2) is 12.6 Å². The van der Waals surface area contributed by atoms with Crippen LogP contribution in [-0.2, 0) is 11.3 Å². The molecule has 116 valence electrons. The highest BCUT2D eigenvalue weighted by molar-refractivity contribution is 9.10. The quantitative estimate of drug-likeness (QED) is 0.771. The molecule has 4 heteroatoms. The minimum atomic E-state index is -0.273. The number of halogens is 1. The highest BCUT2D eigenvalue weighted by Gasteiger charge is 2.08. The Morgan fingerprint density at radius 1 is 1.23 bits per heavy atom. The van der Waals surface area contributed by atoms with Crippen molar-refractivity contribution in [1.82, 2.24) is 5.32 Å². The molecule has 0 spiro atoms. The average Bonchev–Trinajstić information content (AvgIpc) is 2.54. The molecule has 0 radical (unpaired) electrons. The number of ether oxygens (including phenoxy) is 1. The van der Waals surface area contributed by atoms with Gasteiger partial charge in [-0.05, 0) is 49.2 Å². The first kappa shape index (κ1) is 16.7. The molecule has 1 unspecified atom stereocenters. The Balaban J connectivity index is 1.97. The fourth-order valence-electron chi connectivity index (χ4n) is 2.16. The van der Waals surface area contributed by atoms with E-state index in [4.69, 9.17) is 4.74 Å². The fourth-order valence-corrected chi connectivity index (χ4v) is 2.43. The molecular formula is C18H20BrNO2. The molecule has 0 saturated heterocycles. The number of carbonyl (C=O) groups is 1. The van der Waals surface area contributed by atoms with Gasteiger partial charge in [0, 0.05) is 17.1 Å². The van der Waals surface area contributed by atoms with Crippen LogP contribution in [0, 0.1) is 0 Å². The summed E-state index contributed by atoms with van der Waals surface area (Å²) < 4.78 is 6.10. The number of hydrogen-bond acceptors (Lipinski definition) is 3. The minimum Gasteiger partial charge on any atom is -0.462 e. The van der Waals surface area contributed by atoms with Gasteiger partial charge in [0.2, 0.25) is 0 Å². The summed E-state index contributed by atoms with van der Waals surface area (Å²) in [5, 5.41) is 3.47. The molecular weight excluding hydrogens is 342 g/mol. The van der Waals surface area contributed by atoms with E-state index in [1.54, 1.807) is 6.07 Å². The van der Waals surface area contributed by atoms with Gasteiger partial charge in [-0.1, -0.05) is 40.2 Å². The van der Waals surface area contributed by atoms with Gasteiger partial charge in [-0.15, -0.1) is 0 Å². The number of rotatable bonds is 6. The molecule has 0 fully saturated rings. The summed E-state index contributed by atoms with van der Waals surface area (Å²) in [5.74, 6) is -0.273. The van der Waals surface area contributed by atoms with Crippen LogP contribution in [0.3, 0.4) is 0 Å². The van der Waals surface area contributed by atoms with E-state index in [-0.39, 0.29) is 12.0 Å². The minimum absolute atomic E-state index is 0.236. The van der Waals surface area contributed by atoms with Crippen LogP contribution in [0.25, 0.3) is 0 Å². The van der Waals surface area contributed by atoms with E-state index >= 15 is 0 Å². The fraction of sp³-hybridized carbons (Fsp3) is 0.278. The number of benzene rings is 2. The zero-order valence-electron chi connectivity index (χ0n) is 12.8. The Labute approximate surface area is 139 Å². The smallest absolute Gasteiger partial charge is 0.338 e. The third-order valence-electron chi connectivity index (χ3n) is 3.42. The van der Waals surface area contributed by atoms with E-state index in [1.165, 1.54) is 5.56 Å². The summed E-state index contributed by atoms with van der Waals surface area (Å²) in [6, 6.07) is 16.0. The van der Waals surface area contributed by atoms with Gasteiger partial charge < -0.3 is 10.1 Å². The number of nitrogens with one attached hydrogen (secondary N) is 1. The number of carbonyl (C=O) groups excluding carboxylic acids is 1. The maximum Gasteiger partial charge on any atom is 0.338 e. The molecule has 2 aromatic carbocycles. The van der Waals surface area contributed by atoms with Crippen LogP contribution in [0.15, 0.2) is 53.0 Å². The zero-order chi connectivity index (χ0) is 15.9. The summed E-state index contributed by atoms with van der Waals surface area (Å²) in [6.07, 6.45) is 0. The Morgan fingerprint density at radius 3 is 2.64 bits per heavy atom. The lowest BCUT2D eigenvalue weighted by molar-refractivity contribution is 0.0526. The molecule has 0 aromatic heterocycles. The maximum absolute atomic E-state index is 11.7. The summed E-state index contributed by atoms with van der Waals surface area (Å²) >= 11 is 3.44. The second-order valence-electron chi connectivity index (χ2n) is 5.07. The van der Waals surface area contributed by atoms with Crippen molar-refractivity contribution in [1.29, 1.82) is 0 Å². The molecule has 1 atom stereocenters.